The smallest absolute Gasteiger partial charge is 0.326 e. The molecule has 1 aromatic carbocycles. The van der Waals surface area contributed by atoms with Crippen LogP contribution in [0.15, 0.2) is 29.3 Å². The van der Waals surface area contributed by atoms with Crippen molar-refractivity contribution in [3.63, 3.8) is 0 Å². The van der Waals surface area contributed by atoms with Crippen molar-refractivity contribution in [2.24, 2.45) is 28.1 Å². The molecule has 0 heterocycles. The minimum Gasteiger partial charge on any atom is -0.508 e. The molecule has 0 aromatic heterocycles. The van der Waals surface area contributed by atoms with Gasteiger partial charge in [-0.1, -0.05) is 26.0 Å². The lowest BCUT2D eigenvalue weighted by molar-refractivity contribution is -0.143. The minimum atomic E-state index is -1.20. The molecule has 13 nitrogen and oxygen atoms in total. The maximum atomic E-state index is 13.3. The van der Waals surface area contributed by atoms with Gasteiger partial charge in [-0.25, -0.2) is 4.79 Å². The zero-order valence-corrected chi connectivity index (χ0v) is 23.4. The van der Waals surface area contributed by atoms with Gasteiger partial charge in [0.2, 0.25) is 17.7 Å². The highest BCUT2D eigenvalue weighted by atomic mass is 32.2. The number of carbonyl (C=O) groups excluding carboxylic acids is 3. The molecule has 0 fully saturated rings. The quantitative estimate of drug-likeness (QED) is 0.0667. The number of carboxylic acid groups (broad SMARTS) is 1. The Morgan fingerprint density at radius 2 is 1.54 bits per heavy atom. The molecule has 3 amide bonds. The molecular weight excluding hydrogens is 526 g/mol. The van der Waals surface area contributed by atoms with E-state index in [1.54, 1.807) is 26.0 Å². The largest absolute Gasteiger partial charge is 0.508 e. The molecule has 4 atom stereocenters. The van der Waals surface area contributed by atoms with E-state index in [2.05, 4.69) is 20.9 Å². The van der Waals surface area contributed by atoms with Crippen LogP contribution in [0.5, 0.6) is 5.75 Å². The Bertz CT molecular complexity index is 986. The Morgan fingerprint density at radius 3 is 2.08 bits per heavy atom. The van der Waals surface area contributed by atoms with Crippen molar-refractivity contribution < 1.29 is 29.4 Å². The molecule has 0 aliphatic heterocycles. The van der Waals surface area contributed by atoms with Crippen molar-refractivity contribution in [2.75, 3.05) is 18.6 Å². The van der Waals surface area contributed by atoms with Crippen molar-refractivity contribution in [1.82, 2.24) is 16.0 Å². The number of benzene rings is 1. The number of carbonyl (C=O) groups is 4. The predicted molar refractivity (Wildman–Crippen MR) is 151 cm³/mol. The lowest BCUT2D eigenvalue weighted by atomic mass is 10.0. The number of thioether (sulfide) groups is 1. The molecule has 0 saturated carbocycles. The highest BCUT2D eigenvalue weighted by molar-refractivity contribution is 7.98. The Balaban J connectivity index is 3.05. The zero-order chi connectivity index (χ0) is 29.5. The van der Waals surface area contributed by atoms with Crippen molar-refractivity contribution in [3.05, 3.63) is 29.8 Å². The Morgan fingerprint density at radius 1 is 0.949 bits per heavy atom. The molecule has 0 spiro atoms. The average molecular weight is 568 g/mol. The highest BCUT2D eigenvalue weighted by Gasteiger charge is 2.31. The summed E-state index contributed by atoms with van der Waals surface area (Å²) in [5, 5.41) is 26.9. The fourth-order valence-corrected chi connectivity index (χ4v) is 4.02. The number of phenolic OH excluding ortho intramolecular Hbond substituents is 1. The van der Waals surface area contributed by atoms with Gasteiger partial charge in [0.25, 0.3) is 0 Å². The van der Waals surface area contributed by atoms with E-state index in [4.69, 9.17) is 17.2 Å². The summed E-state index contributed by atoms with van der Waals surface area (Å²) < 4.78 is 0. The van der Waals surface area contributed by atoms with E-state index in [0.29, 0.717) is 24.3 Å². The number of hydrogen-bond donors (Lipinski definition) is 8. The van der Waals surface area contributed by atoms with E-state index in [1.807, 2.05) is 6.26 Å². The first-order valence-corrected chi connectivity index (χ1v) is 14.0. The first kappa shape index (κ1) is 33.5. The summed E-state index contributed by atoms with van der Waals surface area (Å²) in [5.41, 5.74) is 17.2. The standard InChI is InChI=1S/C25H41N7O6S/c1-14(2)20(24(37)38)32-23(36)19(13-15-6-8-16(33)9-7-15)31-22(35)18(10-12-39-3)30-21(34)17(26)5-4-11-29-25(27)28/h6-9,14,17-20,33H,4-5,10-13,26H2,1-3H3,(H,30,34)(H,31,35)(H,32,36)(H,37,38)(H4,27,28,29). The van der Waals surface area contributed by atoms with Gasteiger partial charge < -0.3 is 43.4 Å². The number of carboxylic acids is 1. The van der Waals surface area contributed by atoms with Crippen LogP contribution >= 0.6 is 11.8 Å². The fourth-order valence-electron chi connectivity index (χ4n) is 3.55. The third-order valence-electron chi connectivity index (χ3n) is 5.79. The number of aliphatic carboxylic acids is 1. The van der Waals surface area contributed by atoms with Crippen LogP contribution in [0.3, 0.4) is 0 Å². The molecule has 14 heteroatoms. The van der Waals surface area contributed by atoms with Crippen LogP contribution in [0.25, 0.3) is 0 Å². The van der Waals surface area contributed by atoms with Crippen LogP contribution in [0.1, 0.15) is 38.7 Å². The molecule has 0 saturated heterocycles. The Labute approximate surface area is 232 Å². The molecule has 0 bridgehead atoms. The summed E-state index contributed by atoms with van der Waals surface area (Å²) in [6.07, 6.45) is 2.90. The number of aromatic hydroxyl groups is 1. The van der Waals surface area contributed by atoms with Gasteiger partial charge in [0.05, 0.1) is 6.04 Å². The van der Waals surface area contributed by atoms with Crippen molar-refractivity contribution in [2.45, 2.75) is 63.7 Å². The lowest BCUT2D eigenvalue weighted by Crippen LogP contribution is -2.58. The van der Waals surface area contributed by atoms with Gasteiger partial charge in [-0.15, -0.1) is 0 Å². The van der Waals surface area contributed by atoms with E-state index >= 15 is 0 Å². The van der Waals surface area contributed by atoms with Crippen LogP contribution in [0.4, 0.5) is 0 Å². The van der Waals surface area contributed by atoms with Crippen LogP contribution in [0.2, 0.25) is 0 Å². The number of aliphatic imine (C=N–C) groups is 1. The summed E-state index contributed by atoms with van der Waals surface area (Å²) in [6, 6.07) is 1.87. The van der Waals surface area contributed by atoms with Crippen LogP contribution < -0.4 is 33.2 Å². The maximum Gasteiger partial charge on any atom is 0.326 e. The molecule has 0 aliphatic carbocycles. The summed E-state index contributed by atoms with van der Waals surface area (Å²) in [5.74, 6) is -2.93. The number of rotatable bonds is 17. The van der Waals surface area contributed by atoms with Gasteiger partial charge in [0, 0.05) is 13.0 Å². The number of nitrogens with one attached hydrogen (secondary N) is 3. The Kier molecular flexibility index (Phi) is 14.7. The van der Waals surface area contributed by atoms with E-state index in [9.17, 15) is 29.4 Å². The van der Waals surface area contributed by atoms with Crippen molar-refractivity contribution in [1.29, 1.82) is 0 Å². The van der Waals surface area contributed by atoms with E-state index < -0.39 is 53.8 Å². The maximum absolute atomic E-state index is 13.3. The molecule has 218 valence electrons. The molecule has 39 heavy (non-hydrogen) atoms. The summed E-state index contributed by atoms with van der Waals surface area (Å²) in [6.45, 7) is 3.61. The lowest BCUT2D eigenvalue weighted by Gasteiger charge is -2.26. The molecule has 1 rings (SSSR count). The van der Waals surface area contributed by atoms with E-state index in [1.165, 1.54) is 23.9 Å². The molecule has 1 aromatic rings. The number of amides is 3. The van der Waals surface area contributed by atoms with E-state index in [0.717, 1.165) is 0 Å². The number of nitrogens with zero attached hydrogens (tertiary/aromatic N) is 1. The van der Waals surface area contributed by atoms with Gasteiger partial charge in [0.15, 0.2) is 5.96 Å². The first-order valence-electron chi connectivity index (χ1n) is 12.6. The Hall–Kier alpha value is -3.52. The third kappa shape index (κ3) is 12.7. The molecule has 0 radical (unpaired) electrons. The molecule has 11 N–H and O–H groups in total. The second kappa shape index (κ2) is 17.1. The average Bonchev–Trinajstić information content (AvgIpc) is 2.87. The SMILES string of the molecule is CSCCC(NC(=O)C(N)CCCN=C(N)N)C(=O)NC(Cc1ccc(O)cc1)C(=O)NC(C(=O)O)C(C)C. The third-order valence-corrected chi connectivity index (χ3v) is 6.43. The van der Waals surface area contributed by atoms with Crippen LogP contribution in [-0.2, 0) is 25.6 Å². The van der Waals surface area contributed by atoms with Crippen molar-refractivity contribution >= 4 is 41.4 Å². The van der Waals surface area contributed by atoms with Gasteiger partial charge in [-0.3, -0.25) is 19.4 Å². The summed E-state index contributed by atoms with van der Waals surface area (Å²) in [7, 11) is 0. The van der Waals surface area contributed by atoms with Crippen LogP contribution in [-0.4, -0.2) is 82.6 Å². The number of guanidine groups is 1. The topological polar surface area (TPSA) is 235 Å². The van der Waals surface area contributed by atoms with Gasteiger partial charge in [-0.05, 0) is 54.9 Å². The molecule has 4 unspecified atom stereocenters. The molecular formula is C25H41N7O6S. The highest BCUT2D eigenvalue weighted by Crippen LogP contribution is 2.13. The second-order valence-corrected chi connectivity index (χ2v) is 10.4. The van der Waals surface area contributed by atoms with Gasteiger partial charge >= 0.3 is 5.97 Å². The van der Waals surface area contributed by atoms with E-state index in [-0.39, 0.29) is 31.0 Å². The summed E-state index contributed by atoms with van der Waals surface area (Å²) in [4.78, 5) is 54.7. The normalized spacial score (nSPS) is 14.0. The monoisotopic (exact) mass is 567 g/mol. The zero-order valence-electron chi connectivity index (χ0n) is 22.6. The predicted octanol–water partition coefficient (Wildman–Crippen LogP) is -0.736. The van der Waals surface area contributed by atoms with Gasteiger partial charge in [-0.2, -0.15) is 11.8 Å². The number of phenols is 1. The second-order valence-electron chi connectivity index (χ2n) is 9.40. The number of nitrogens with two attached hydrogens (primary N) is 3. The number of hydrogen-bond acceptors (Lipinski definition) is 8. The minimum absolute atomic E-state index is 0.0236. The fraction of sp³-hybridized carbons (Fsp3) is 0.560. The van der Waals surface area contributed by atoms with Crippen LogP contribution in [0, 0.1) is 5.92 Å². The van der Waals surface area contributed by atoms with Gasteiger partial charge in [0.1, 0.15) is 23.9 Å². The summed E-state index contributed by atoms with van der Waals surface area (Å²) >= 11 is 1.48. The van der Waals surface area contributed by atoms with Crippen molar-refractivity contribution in [3.8, 4) is 5.75 Å². The molecule has 0 aliphatic rings. The first-order chi connectivity index (χ1) is 18.3.